The van der Waals surface area contributed by atoms with Crippen LogP contribution in [0, 0.1) is 18.2 Å². The first-order valence-corrected chi connectivity index (χ1v) is 10.2. The van der Waals surface area contributed by atoms with E-state index in [0.29, 0.717) is 0 Å². The minimum atomic E-state index is 0. The molecule has 3 rings (SSSR count). The Morgan fingerprint density at radius 3 is 0.903 bits per heavy atom. The van der Waals surface area contributed by atoms with Gasteiger partial charge < -0.3 is 14.7 Å². The molecule has 4 heteroatoms. The molecule has 3 aromatic rings. The summed E-state index contributed by atoms with van der Waals surface area (Å²) in [7, 11) is 12.3. The third-order valence-corrected chi connectivity index (χ3v) is 3.78. The normalized spacial score (nSPS) is 9.97. The monoisotopic (exact) mass is 454 g/mol. The largest absolute Gasteiger partial charge is 3.00 e. The van der Waals surface area contributed by atoms with Crippen LogP contribution in [0.3, 0.4) is 0 Å². The van der Waals surface area contributed by atoms with Crippen LogP contribution < -0.4 is 0 Å². The van der Waals surface area contributed by atoms with Crippen molar-refractivity contribution in [2.45, 2.75) is 19.6 Å². The van der Waals surface area contributed by atoms with Crippen molar-refractivity contribution in [1.82, 2.24) is 14.7 Å². The molecule has 3 aromatic carbocycles. The summed E-state index contributed by atoms with van der Waals surface area (Å²) in [5.41, 5.74) is 3.73. The van der Waals surface area contributed by atoms with Crippen LogP contribution in [-0.4, -0.2) is 57.0 Å². The third kappa shape index (κ3) is 16.4. The van der Waals surface area contributed by atoms with Gasteiger partial charge in [-0.25, -0.2) is 0 Å². The predicted octanol–water partition coefficient (Wildman–Crippen LogP) is 4.64. The third-order valence-electron chi connectivity index (χ3n) is 3.78. The average Bonchev–Trinajstić information content (AvgIpc) is 2.70. The first-order chi connectivity index (χ1) is 14.4. The van der Waals surface area contributed by atoms with Crippen molar-refractivity contribution >= 4 is 0 Å². The number of hydrogen-bond donors (Lipinski definition) is 0. The minimum Gasteiger partial charge on any atom is -0.307 e. The number of nitrogens with zero attached hydrogens (tertiary/aromatic N) is 3. The Morgan fingerprint density at radius 1 is 0.484 bits per heavy atom. The van der Waals surface area contributed by atoms with Gasteiger partial charge in [0.25, 0.3) is 0 Å². The molecule has 0 saturated heterocycles. The van der Waals surface area contributed by atoms with Crippen LogP contribution in [0.4, 0.5) is 0 Å². The fraction of sp³-hybridized carbons (Fsp3) is 0.333. The molecule has 0 atom stereocenters. The van der Waals surface area contributed by atoms with E-state index in [4.69, 9.17) is 0 Å². The summed E-state index contributed by atoms with van der Waals surface area (Å²) in [6, 6.07) is 33.6. The molecule has 0 amide bonds. The Hall–Kier alpha value is -1.93. The molecule has 31 heavy (non-hydrogen) atoms. The zero-order chi connectivity index (χ0) is 22.2. The van der Waals surface area contributed by atoms with Crippen molar-refractivity contribution < 1.29 is 17.4 Å². The number of hydrogen-bond acceptors (Lipinski definition) is 3. The fourth-order valence-corrected chi connectivity index (χ4v) is 2.61. The average molecular weight is 455 g/mol. The van der Waals surface area contributed by atoms with Crippen LogP contribution >= 0.6 is 0 Å². The van der Waals surface area contributed by atoms with Gasteiger partial charge in [0, 0.05) is 19.6 Å². The number of benzene rings is 3. The molecule has 0 heterocycles. The summed E-state index contributed by atoms with van der Waals surface area (Å²) in [6.07, 6.45) is 0. The molecule has 1 radical (unpaired) electrons. The van der Waals surface area contributed by atoms with E-state index >= 15 is 0 Å². The predicted molar refractivity (Wildman–Crippen MR) is 128 cm³/mol. The van der Waals surface area contributed by atoms with Crippen LogP contribution in [0.1, 0.15) is 16.7 Å². The van der Waals surface area contributed by atoms with Crippen molar-refractivity contribution in [1.29, 1.82) is 0 Å². The Morgan fingerprint density at radius 2 is 0.742 bits per heavy atom. The van der Waals surface area contributed by atoms with Gasteiger partial charge in [0.05, 0.1) is 0 Å². The molecule has 0 saturated carbocycles. The molecule has 165 valence electrons. The zero-order valence-electron chi connectivity index (χ0n) is 19.8. The first-order valence-electron chi connectivity index (χ1n) is 10.2. The van der Waals surface area contributed by atoms with Crippen molar-refractivity contribution in [2.24, 2.45) is 0 Å². The second-order valence-corrected chi connectivity index (χ2v) is 7.88. The molecule has 0 N–H and O–H groups in total. The van der Waals surface area contributed by atoms with Crippen LogP contribution in [0.15, 0.2) is 72.8 Å². The van der Waals surface area contributed by atoms with Crippen molar-refractivity contribution in [2.75, 3.05) is 42.3 Å². The van der Waals surface area contributed by atoms with Gasteiger partial charge in [0.15, 0.2) is 0 Å². The first kappa shape index (κ1) is 29.1. The van der Waals surface area contributed by atoms with Gasteiger partial charge in [-0.2, -0.15) is 91.0 Å². The molecule has 0 fully saturated rings. The molecule has 0 unspecified atom stereocenters. The van der Waals surface area contributed by atoms with E-state index in [0.717, 1.165) is 19.6 Å². The van der Waals surface area contributed by atoms with Gasteiger partial charge in [-0.05, 0) is 42.3 Å². The van der Waals surface area contributed by atoms with Gasteiger partial charge >= 0.3 is 17.4 Å². The molecule has 0 aliphatic rings. The van der Waals surface area contributed by atoms with E-state index < -0.39 is 0 Å². The topological polar surface area (TPSA) is 9.72 Å². The van der Waals surface area contributed by atoms with E-state index in [1.807, 2.05) is 54.6 Å². The van der Waals surface area contributed by atoms with Crippen molar-refractivity contribution in [3.8, 4) is 0 Å². The molecule has 3 nitrogen and oxygen atoms in total. The van der Waals surface area contributed by atoms with Crippen molar-refractivity contribution in [3.63, 3.8) is 0 Å². The van der Waals surface area contributed by atoms with Crippen LogP contribution in [0.5, 0.6) is 0 Å². The maximum atomic E-state index is 3.16. The van der Waals surface area contributed by atoms with E-state index in [1.165, 1.54) is 16.7 Å². The summed E-state index contributed by atoms with van der Waals surface area (Å²) in [5, 5.41) is 0. The summed E-state index contributed by atoms with van der Waals surface area (Å²) in [4.78, 5) is 6.39. The second kappa shape index (κ2) is 17.7. The van der Waals surface area contributed by atoms with Gasteiger partial charge in [-0.15, -0.1) is 16.7 Å². The standard InChI is InChI=1S/3C9H12N.Cr/c3*1-10(2)8-9-6-4-3-5-7-9;/h3*3-6H,8H2,1-2H3;/q3*-1;+3. The van der Waals surface area contributed by atoms with Crippen LogP contribution in [0.25, 0.3) is 0 Å². The van der Waals surface area contributed by atoms with Gasteiger partial charge in [0.1, 0.15) is 0 Å². The van der Waals surface area contributed by atoms with Gasteiger partial charge in [0.2, 0.25) is 0 Å². The second-order valence-electron chi connectivity index (χ2n) is 7.88. The summed E-state index contributed by atoms with van der Waals surface area (Å²) in [5.74, 6) is 0. The number of rotatable bonds is 6. The Bertz CT molecular complexity index is 652. The zero-order valence-corrected chi connectivity index (χ0v) is 21.1. The quantitative estimate of drug-likeness (QED) is 0.503. The molecular formula is C27H36CrN3. The molecule has 0 aliphatic carbocycles. The molecule has 0 spiro atoms. The summed E-state index contributed by atoms with van der Waals surface area (Å²) >= 11 is 0. The molecule has 0 aliphatic heterocycles. The van der Waals surface area contributed by atoms with E-state index in [1.54, 1.807) is 0 Å². The van der Waals surface area contributed by atoms with Crippen molar-refractivity contribution in [3.05, 3.63) is 108 Å². The summed E-state index contributed by atoms with van der Waals surface area (Å²) in [6.45, 7) is 2.92. The molecule has 0 aromatic heterocycles. The van der Waals surface area contributed by atoms with E-state index in [9.17, 15) is 0 Å². The Labute approximate surface area is 201 Å². The Kier molecular flexibility index (Phi) is 16.6. The fourth-order valence-electron chi connectivity index (χ4n) is 2.61. The smallest absolute Gasteiger partial charge is 0.307 e. The van der Waals surface area contributed by atoms with Crippen LogP contribution in [-0.2, 0) is 37.0 Å². The molecular weight excluding hydrogens is 418 g/mol. The maximum absolute atomic E-state index is 3.16. The SMILES string of the molecule is CN(C)Cc1[c-]cccc1.CN(C)Cc1[c-]cccc1.CN(C)Cc1[c-]cccc1.[Cr+3]. The van der Waals surface area contributed by atoms with Gasteiger partial charge in [-0.3, -0.25) is 0 Å². The van der Waals surface area contributed by atoms with E-state index in [2.05, 4.69) is 93.4 Å². The Balaban J connectivity index is 0.000000429. The van der Waals surface area contributed by atoms with Crippen LogP contribution in [0.2, 0.25) is 0 Å². The minimum absolute atomic E-state index is 0. The molecule has 0 bridgehead atoms. The summed E-state index contributed by atoms with van der Waals surface area (Å²) < 4.78 is 0. The maximum Gasteiger partial charge on any atom is 3.00 e. The van der Waals surface area contributed by atoms with Gasteiger partial charge in [-0.1, -0.05) is 0 Å². The van der Waals surface area contributed by atoms with E-state index in [-0.39, 0.29) is 17.4 Å².